The Bertz CT molecular complexity index is 452. The molecule has 0 aliphatic carbocycles. The van der Waals surface area contributed by atoms with Gasteiger partial charge in [0.1, 0.15) is 0 Å². The van der Waals surface area contributed by atoms with Gasteiger partial charge in [-0.25, -0.2) is 4.57 Å². The third-order valence-corrected chi connectivity index (χ3v) is 2.14. The van der Waals surface area contributed by atoms with Crippen molar-refractivity contribution in [2.45, 2.75) is 0 Å². The van der Waals surface area contributed by atoms with Gasteiger partial charge in [0.2, 0.25) is 0 Å². The molecule has 0 unspecified atom stereocenters. The summed E-state index contributed by atoms with van der Waals surface area (Å²) in [7, 11) is -4.64. The first-order chi connectivity index (χ1) is 11.2. The van der Waals surface area contributed by atoms with Crippen LogP contribution in [0.25, 0.3) is 0 Å². The minimum absolute atomic E-state index is 0. The summed E-state index contributed by atoms with van der Waals surface area (Å²) in [4.78, 5) is 65.0. The molecular weight excluding hydrogens is 451 g/mol. The number of carboxylic acids is 4. The molecule has 0 aromatic heterocycles. The van der Waals surface area contributed by atoms with Crippen LogP contribution in [0.1, 0.15) is 0 Å². The maximum atomic E-state index is 10.4. The Morgan fingerprint density at radius 2 is 0.778 bits per heavy atom. The molecule has 17 heteroatoms. The molecule has 0 aliphatic heterocycles. The van der Waals surface area contributed by atoms with Gasteiger partial charge in [-0.1, -0.05) is 0 Å². The monoisotopic (exact) mass is 466 g/mol. The fraction of sp³-hybridized carbons (Fsp3) is 0.600. The molecule has 0 atom stereocenters. The quantitative estimate of drug-likeness (QED) is 0.189. The Labute approximate surface area is 213 Å². The third-order valence-electron chi connectivity index (χ3n) is 2.14. The van der Waals surface area contributed by atoms with Gasteiger partial charge in [-0.15, -0.1) is 0 Å². The second kappa shape index (κ2) is 18.5. The topological polar surface area (TPSA) is 245 Å². The van der Waals surface area contributed by atoms with Crippen molar-refractivity contribution >= 4 is 107 Å². The summed E-state index contributed by atoms with van der Waals surface area (Å²) in [6.45, 7) is -3.25. The minimum Gasteiger partial charge on any atom is -0.549 e. The van der Waals surface area contributed by atoms with Crippen LogP contribution in [0.4, 0.5) is 0 Å². The molecule has 14 nitrogen and oxygen atoms in total. The van der Waals surface area contributed by atoms with Gasteiger partial charge in [0.25, 0.3) is 0 Å². The number of nitrogens with zero attached hydrogens (tertiary/aromatic N) is 2. The zero-order chi connectivity index (χ0) is 20.2. The Balaban J connectivity index is -0.000000333. The van der Waals surface area contributed by atoms with E-state index >= 15 is 0 Å². The predicted molar refractivity (Wildman–Crippen MR) is 78.7 cm³/mol. The second-order valence-electron chi connectivity index (χ2n) is 4.42. The van der Waals surface area contributed by atoms with Crippen molar-refractivity contribution in [1.82, 2.24) is 9.80 Å². The van der Waals surface area contributed by atoms with Crippen molar-refractivity contribution in [3.05, 3.63) is 0 Å². The number of rotatable bonds is 11. The van der Waals surface area contributed by atoms with Crippen molar-refractivity contribution in [2.24, 2.45) is 0 Å². The molecule has 0 saturated heterocycles. The molecule has 0 spiro atoms. The summed E-state index contributed by atoms with van der Waals surface area (Å²) in [5.41, 5.74) is 0. The summed E-state index contributed by atoms with van der Waals surface area (Å²) in [5.74, 6) is -6.12. The van der Waals surface area contributed by atoms with E-state index < -0.39 is 57.9 Å². The number of carbonyl (C=O) groups is 4. The molecule has 0 bridgehead atoms. The molecule has 0 aliphatic rings. The summed E-state index contributed by atoms with van der Waals surface area (Å²) in [5, 5.41) is 41.6. The van der Waals surface area contributed by atoms with E-state index in [0.29, 0.717) is 0 Å². The first kappa shape index (κ1) is 34.9. The maximum absolute atomic E-state index is 10.4. The molecule has 27 heavy (non-hydrogen) atoms. The zero-order valence-corrected chi connectivity index (χ0v) is 19.3. The first-order valence-electron chi connectivity index (χ1n) is 6.23. The third kappa shape index (κ3) is 34.3. The molecule has 0 fully saturated rings. The number of carboxylic acid groups (broad SMARTS) is 4. The summed E-state index contributed by atoms with van der Waals surface area (Å²) in [6, 6.07) is 0. The van der Waals surface area contributed by atoms with Crippen LogP contribution in [0, 0.1) is 0 Å². The van der Waals surface area contributed by atoms with Gasteiger partial charge in [0, 0.05) is 39.3 Å². The number of aliphatic carboxylic acids is 4. The second-order valence-corrected chi connectivity index (χ2v) is 5.45. The van der Waals surface area contributed by atoms with E-state index in [1.807, 2.05) is 0 Å². The molecule has 0 radical (unpaired) electrons. The standard InChI is InChI=1S/C10H16N2O8.2Ca.H3O4P/c13-7(14)3-11(4-8(15)16)1-2-12(5-9(17)18)6-10(19)20;;;1-5(2,3)4/h1-6H2,(H,13,14)(H,15,16)(H,17,18)(H,19,20);;;(H3,1,2,3,4)/q;2*+2;/p-4. The Morgan fingerprint density at radius 1 is 0.630 bits per heavy atom. The Kier molecular flexibility index (Phi) is 23.9. The van der Waals surface area contributed by atoms with Crippen LogP contribution in [0.5, 0.6) is 0 Å². The van der Waals surface area contributed by atoms with Crippen LogP contribution >= 0.6 is 7.82 Å². The first-order valence-corrected chi connectivity index (χ1v) is 7.79. The van der Waals surface area contributed by atoms with Gasteiger partial charge >= 0.3 is 83.3 Å². The van der Waals surface area contributed by atoms with Gasteiger partial charge in [-0.05, 0) is 0 Å². The van der Waals surface area contributed by atoms with Crippen LogP contribution in [0.15, 0.2) is 0 Å². The average Bonchev–Trinajstić information content (AvgIpc) is 2.30. The molecule has 3 N–H and O–H groups in total. The molecule has 146 valence electrons. The van der Waals surface area contributed by atoms with Crippen molar-refractivity contribution in [3.8, 4) is 0 Å². The van der Waals surface area contributed by atoms with Crippen LogP contribution < -0.4 is 20.4 Å². The smallest absolute Gasteiger partial charge is 0.549 e. The van der Waals surface area contributed by atoms with E-state index in [1.165, 1.54) is 0 Å². The normalized spacial score (nSPS) is 10.1. The van der Waals surface area contributed by atoms with E-state index in [9.17, 15) is 39.6 Å². The van der Waals surface area contributed by atoms with Crippen LogP contribution in [-0.4, -0.2) is 163 Å². The van der Waals surface area contributed by atoms with Crippen LogP contribution in [0.3, 0.4) is 0 Å². The van der Waals surface area contributed by atoms with E-state index in [0.717, 1.165) is 9.80 Å². The number of hydrogen-bond donors (Lipinski definition) is 3. The number of phosphoric acid groups is 1. The average molecular weight is 466 g/mol. The van der Waals surface area contributed by atoms with Crippen molar-refractivity contribution in [1.29, 1.82) is 0 Å². The van der Waals surface area contributed by atoms with Gasteiger partial charge < -0.3 is 54.3 Å². The number of hydrogen-bond acceptors (Lipinski definition) is 11. The van der Waals surface area contributed by atoms with Crippen molar-refractivity contribution < 1.29 is 58.8 Å². The molecule has 0 heterocycles. The van der Waals surface area contributed by atoms with Crippen molar-refractivity contribution in [3.63, 3.8) is 0 Å². The van der Waals surface area contributed by atoms with E-state index in [-0.39, 0.29) is 88.6 Å². The zero-order valence-electron chi connectivity index (χ0n) is 14.0. The van der Waals surface area contributed by atoms with Crippen molar-refractivity contribution in [2.75, 3.05) is 39.3 Å². The number of carbonyl (C=O) groups excluding carboxylic acids is 4. The maximum Gasteiger partial charge on any atom is 2.00 e. The molecular formula is C10H15Ca2N2O12P. The van der Waals surface area contributed by atoms with Gasteiger partial charge in [-0.3, -0.25) is 9.80 Å². The summed E-state index contributed by atoms with van der Waals surface area (Å²) < 4.78 is 8.88. The van der Waals surface area contributed by atoms with Gasteiger partial charge in [0.15, 0.2) is 0 Å². The summed E-state index contributed by atoms with van der Waals surface area (Å²) in [6.07, 6.45) is 0. The van der Waals surface area contributed by atoms with E-state index in [4.69, 9.17) is 19.2 Å². The minimum atomic E-state index is -4.64. The van der Waals surface area contributed by atoms with E-state index in [1.54, 1.807) is 0 Å². The Hall–Kier alpha value is 0.429. The molecule has 0 amide bonds. The SMILES string of the molecule is O=C([O-])CN(CCN(CC(=O)[O-])CC(=O)[O-])CC(=O)[O-].O=P(O)(O)O.[Ca+2].[Ca+2]. The predicted octanol–water partition coefficient (Wildman–Crippen LogP) is -9.10. The fourth-order valence-corrected chi connectivity index (χ4v) is 1.44. The molecule has 0 aromatic rings. The van der Waals surface area contributed by atoms with Gasteiger partial charge in [-0.2, -0.15) is 0 Å². The molecule has 0 saturated carbocycles. The Morgan fingerprint density at radius 3 is 0.889 bits per heavy atom. The largest absolute Gasteiger partial charge is 2.00 e. The van der Waals surface area contributed by atoms with E-state index in [2.05, 4.69) is 0 Å². The fourth-order valence-electron chi connectivity index (χ4n) is 1.44. The van der Waals surface area contributed by atoms with Crippen LogP contribution in [0.2, 0.25) is 0 Å². The molecule has 0 aromatic carbocycles. The summed E-state index contributed by atoms with van der Waals surface area (Å²) >= 11 is 0. The van der Waals surface area contributed by atoms with Gasteiger partial charge in [0.05, 0.1) is 23.9 Å². The van der Waals surface area contributed by atoms with Crippen LogP contribution in [-0.2, 0) is 23.7 Å². The molecule has 0 rings (SSSR count).